The van der Waals surface area contributed by atoms with Crippen molar-refractivity contribution in [3.05, 3.63) is 69.2 Å². The average Bonchev–Trinajstić information content (AvgIpc) is 3.51. The van der Waals surface area contributed by atoms with Gasteiger partial charge in [0, 0.05) is 11.6 Å². The number of aromatic amines is 1. The minimum atomic E-state index is -4.70. The van der Waals surface area contributed by atoms with Gasteiger partial charge in [-0.3, -0.25) is 14.3 Å². The quantitative estimate of drug-likeness (QED) is 0.434. The number of rotatable bonds is 2. The van der Waals surface area contributed by atoms with Crippen LogP contribution >= 0.6 is 12.2 Å². The summed E-state index contributed by atoms with van der Waals surface area (Å²) in [5.74, 6) is 0. The van der Waals surface area contributed by atoms with E-state index in [1.54, 1.807) is 16.7 Å². The van der Waals surface area contributed by atoms with Crippen molar-refractivity contribution in [3.63, 3.8) is 0 Å². The first-order chi connectivity index (χ1) is 13.8. The zero-order valence-electron chi connectivity index (χ0n) is 15.0. The van der Waals surface area contributed by atoms with E-state index in [1.807, 2.05) is 30.3 Å². The summed E-state index contributed by atoms with van der Waals surface area (Å²) in [6, 6.07) is 13.9. The van der Waals surface area contributed by atoms with Gasteiger partial charge in [-0.2, -0.15) is 13.2 Å². The Balaban J connectivity index is 1.88. The zero-order valence-corrected chi connectivity index (χ0v) is 15.8. The Bertz CT molecular complexity index is 1400. The van der Waals surface area contributed by atoms with E-state index in [1.165, 1.54) is 0 Å². The Labute approximate surface area is 167 Å². The fourth-order valence-corrected chi connectivity index (χ4v) is 3.97. The van der Waals surface area contributed by atoms with Crippen LogP contribution in [0.15, 0.2) is 53.3 Å². The number of benzene rings is 2. The van der Waals surface area contributed by atoms with Crippen LogP contribution in [-0.4, -0.2) is 14.5 Å². The molecule has 0 unspecified atom stereocenters. The fourth-order valence-electron chi connectivity index (χ4n) is 3.64. The van der Waals surface area contributed by atoms with Crippen molar-refractivity contribution in [2.45, 2.75) is 25.1 Å². The number of aromatic nitrogens is 3. The molecule has 1 aliphatic rings. The molecule has 5 rings (SSSR count). The largest absolute Gasteiger partial charge is 0.417 e. The third kappa shape index (κ3) is 3.04. The van der Waals surface area contributed by atoms with E-state index in [2.05, 4.69) is 9.97 Å². The maximum Gasteiger partial charge on any atom is 0.417 e. The van der Waals surface area contributed by atoms with Crippen molar-refractivity contribution >= 4 is 34.0 Å². The maximum absolute atomic E-state index is 13.9. The first-order valence-electron chi connectivity index (χ1n) is 9.09. The topological polar surface area (TPSA) is 50.7 Å². The third-order valence-corrected chi connectivity index (χ3v) is 5.46. The smallest absolute Gasteiger partial charge is 0.299 e. The monoisotopic (exact) mass is 413 g/mol. The molecule has 0 amide bonds. The van der Waals surface area contributed by atoms with E-state index >= 15 is 0 Å². The number of hydrogen-bond donors (Lipinski definition) is 1. The molecule has 0 spiro atoms. The summed E-state index contributed by atoms with van der Waals surface area (Å²) < 4.78 is 43.3. The van der Waals surface area contributed by atoms with Gasteiger partial charge in [-0.05, 0) is 48.0 Å². The third-order valence-electron chi connectivity index (χ3n) is 5.16. The highest BCUT2D eigenvalue weighted by Gasteiger charge is 2.37. The van der Waals surface area contributed by atoms with Crippen molar-refractivity contribution < 1.29 is 13.2 Å². The van der Waals surface area contributed by atoms with Crippen LogP contribution in [0.1, 0.15) is 24.4 Å². The number of H-pyrrole nitrogens is 1. The number of halogens is 3. The highest BCUT2D eigenvalue weighted by molar-refractivity contribution is 7.71. The summed E-state index contributed by atoms with van der Waals surface area (Å²) in [5.41, 5.74) is -1.18. The van der Waals surface area contributed by atoms with Crippen LogP contribution in [0.25, 0.3) is 33.1 Å². The molecule has 2 aromatic heterocycles. The van der Waals surface area contributed by atoms with Crippen LogP contribution < -0.4 is 5.56 Å². The Morgan fingerprint density at radius 2 is 1.79 bits per heavy atom. The van der Waals surface area contributed by atoms with Crippen molar-refractivity contribution in [3.8, 4) is 11.3 Å². The molecule has 1 fully saturated rings. The molecule has 146 valence electrons. The minimum Gasteiger partial charge on any atom is -0.299 e. The van der Waals surface area contributed by atoms with Crippen molar-refractivity contribution in [1.82, 2.24) is 14.5 Å². The van der Waals surface area contributed by atoms with Crippen LogP contribution in [0.2, 0.25) is 0 Å². The molecule has 4 nitrogen and oxygen atoms in total. The second-order valence-corrected chi connectivity index (χ2v) is 7.56. The molecule has 0 bridgehead atoms. The number of alkyl halides is 3. The second kappa shape index (κ2) is 6.25. The molecule has 2 aromatic carbocycles. The molecule has 0 saturated heterocycles. The van der Waals surface area contributed by atoms with Crippen LogP contribution in [0, 0.1) is 4.77 Å². The van der Waals surface area contributed by atoms with Gasteiger partial charge >= 0.3 is 6.18 Å². The van der Waals surface area contributed by atoms with Gasteiger partial charge in [0.25, 0.3) is 5.56 Å². The molecule has 0 aliphatic heterocycles. The molecule has 1 saturated carbocycles. The Morgan fingerprint density at radius 3 is 2.48 bits per heavy atom. The van der Waals surface area contributed by atoms with Crippen LogP contribution in [-0.2, 0) is 6.18 Å². The number of pyridine rings is 1. The molecule has 1 aliphatic carbocycles. The molecule has 1 N–H and O–H groups in total. The number of nitrogens with zero attached hydrogens (tertiary/aromatic N) is 2. The van der Waals surface area contributed by atoms with Gasteiger partial charge < -0.3 is 0 Å². The Hall–Kier alpha value is -3.00. The average molecular weight is 413 g/mol. The second-order valence-electron chi connectivity index (χ2n) is 7.17. The van der Waals surface area contributed by atoms with Crippen LogP contribution in [0.5, 0.6) is 0 Å². The summed E-state index contributed by atoms with van der Waals surface area (Å²) in [5, 5.41) is 1.40. The maximum atomic E-state index is 13.9. The molecule has 29 heavy (non-hydrogen) atoms. The molecular formula is C21H14F3N3OS. The minimum absolute atomic E-state index is 0.0146. The molecule has 8 heteroatoms. The summed E-state index contributed by atoms with van der Waals surface area (Å²) in [6.07, 6.45) is -3.12. The zero-order chi connectivity index (χ0) is 20.3. The summed E-state index contributed by atoms with van der Waals surface area (Å²) in [4.78, 5) is 19.3. The lowest BCUT2D eigenvalue weighted by Gasteiger charge is -2.16. The highest BCUT2D eigenvalue weighted by Crippen LogP contribution is 2.40. The summed E-state index contributed by atoms with van der Waals surface area (Å²) >= 11 is 5.23. The summed E-state index contributed by atoms with van der Waals surface area (Å²) in [6.45, 7) is 0. The molecule has 2 heterocycles. The van der Waals surface area contributed by atoms with Crippen molar-refractivity contribution in [2.24, 2.45) is 0 Å². The van der Waals surface area contributed by atoms with E-state index in [-0.39, 0.29) is 22.2 Å². The number of hydrogen-bond acceptors (Lipinski definition) is 3. The highest BCUT2D eigenvalue weighted by atomic mass is 32.1. The Morgan fingerprint density at radius 1 is 1.07 bits per heavy atom. The van der Waals surface area contributed by atoms with Gasteiger partial charge in [-0.1, -0.05) is 36.4 Å². The van der Waals surface area contributed by atoms with Gasteiger partial charge in [-0.25, -0.2) is 4.98 Å². The standard InChI is InChI=1S/C21H14F3N3OS/c22-21(23,24)15-10-16(13-6-5-11-3-1-2-4-12(11)9-13)25-18-17(15)19(28)26-20(29)27(18)14-7-8-14/h1-6,9-10,14H,7-8H2,(H,26,28,29). The SMILES string of the molecule is O=c1[nH]c(=S)n(C2CC2)c2nc(-c3ccc4ccccc4c3)cc(C(F)(F)F)c12. The Kier molecular flexibility index (Phi) is 3.89. The van der Waals surface area contributed by atoms with E-state index in [0.717, 1.165) is 29.7 Å². The van der Waals surface area contributed by atoms with Gasteiger partial charge in [0.2, 0.25) is 0 Å². The first-order valence-corrected chi connectivity index (χ1v) is 9.50. The molecule has 4 aromatic rings. The van der Waals surface area contributed by atoms with E-state index in [0.29, 0.717) is 5.56 Å². The normalized spacial score (nSPS) is 14.6. The number of fused-ring (bicyclic) bond motifs is 2. The first kappa shape index (κ1) is 18.1. The lowest BCUT2D eigenvalue weighted by atomic mass is 10.0. The molecular weight excluding hydrogens is 399 g/mol. The van der Waals surface area contributed by atoms with Gasteiger partial charge in [0.05, 0.1) is 16.6 Å². The fraction of sp³-hybridized carbons (Fsp3) is 0.190. The molecule has 0 atom stereocenters. The van der Waals surface area contributed by atoms with Gasteiger partial charge in [0.15, 0.2) is 4.77 Å². The predicted octanol–water partition coefficient (Wildman–Crippen LogP) is 5.63. The molecule has 0 radical (unpaired) electrons. The number of nitrogens with one attached hydrogen (secondary N) is 1. The lowest BCUT2D eigenvalue weighted by molar-refractivity contribution is -0.136. The van der Waals surface area contributed by atoms with E-state index in [4.69, 9.17) is 12.2 Å². The van der Waals surface area contributed by atoms with E-state index < -0.39 is 22.7 Å². The van der Waals surface area contributed by atoms with Crippen molar-refractivity contribution in [1.29, 1.82) is 0 Å². The predicted molar refractivity (Wildman–Crippen MR) is 107 cm³/mol. The van der Waals surface area contributed by atoms with Crippen LogP contribution in [0.4, 0.5) is 13.2 Å². The van der Waals surface area contributed by atoms with Gasteiger partial charge in [0.1, 0.15) is 5.65 Å². The summed E-state index contributed by atoms with van der Waals surface area (Å²) in [7, 11) is 0. The lowest BCUT2D eigenvalue weighted by Crippen LogP contribution is -2.20. The van der Waals surface area contributed by atoms with E-state index in [9.17, 15) is 18.0 Å². The van der Waals surface area contributed by atoms with Crippen LogP contribution in [0.3, 0.4) is 0 Å². The van der Waals surface area contributed by atoms with Crippen molar-refractivity contribution in [2.75, 3.05) is 0 Å². The van der Waals surface area contributed by atoms with Gasteiger partial charge in [-0.15, -0.1) is 0 Å².